The molecule has 27 heavy (non-hydrogen) atoms. The van der Waals surface area contributed by atoms with E-state index in [1.54, 1.807) is 36.4 Å². The first-order chi connectivity index (χ1) is 12.8. The number of sulfone groups is 1. The minimum absolute atomic E-state index is 0.0172. The molecule has 3 aromatic carbocycles. The molecule has 1 aliphatic heterocycles. The second-order valence-corrected chi connectivity index (χ2v) is 8.60. The maximum Gasteiger partial charge on any atom is 0.231 e. The van der Waals surface area contributed by atoms with E-state index in [-0.39, 0.29) is 16.7 Å². The second-order valence-electron chi connectivity index (χ2n) is 6.18. The van der Waals surface area contributed by atoms with E-state index in [1.165, 1.54) is 6.07 Å². The van der Waals surface area contributed by atoms with Gasteiger partial charge in [0, 0.05) is 6.26 Å². The molecule has 138 valence electrons. The van der Waals surface area contributed by atoms with Crippen LogP contribution in [0.25, 0.3) is 22.3 Å². The Morgan fingerprint density at radius 3 is 2.00 bits per heavy atom. The van der Waals surface area contributed by atoms with Crippen molar-refractivity contribution in [3.63, 3.8) is 0 Å². The maximum atomic E-state index is 13.6. The highest BCUT2D eigenvalue weighted by molar-refractivity contribution is 7.90. The van der Waals surface area contributed by atoms with E-state index >= 15 is 0 Å². The van der Waals surface area contributed by atoms with Gasteiger partial charge in [0.25, 0.3) is 0 Å². The van der Waals surface area contributed by atoms with Crippen LogP contribution in [0.3, 0.4) is 0 Å². The van der Waals surface area contributed by atoms with Gasteiger partial charge in [0.1, 0.15) is 5.82 Å². The van der Waals surface area contributed by atoms with Crippen LogP contribution in [0, 0.1) is 5.82 Å². The summed E-state index contributed by atoms with van der Waals surface area (Å²) < 4.78 is 47.9. The van der Waals surface area contributed by atoms with Gasteiger partial charge < -0.3 is 9.47 Å². The molecule has 0 aromatic heterocycles. The fourth-order valence-electron chi connectivity index (χ4n) is 2.96. The lowest BCUT2D eigenvalue weighted by Gasteiger charge is -2.13. The van der Waals surface area contributed by atoms with Gasteiger partial charge in [0.2, 0.25) is 6.79 Å². The van der Waals surface area contributed by atoms with E-state index in [0.717, 1.165) is 22.9 Å². The predicted molar refractivity (Wildman–Crippen MR) is 102 cm³/mol. The molecule has 0 saturated carbocycles. The van der Waals surface area contributed by atoms with Gasteiger partial charge in [-0.3, -0.25) is 0 Å². The van der Waals surface area contributed by atoms with Gasteiger partial charge >= 0.3 is 0 Å². The summed E-state index contributed by atoms with van der Waals surface area (Å²) in [5.74, 6) is 0.677. The first-order valence-electron chi connectivity index (χ1n) is 8.02. The van der Waals surface area contributed by atoms with Crippen LogP contribution in [0.1, 0.15) is 0 Å². The first-order valence-corrected chi connectivity index (χ1v) is 10.3. The molecule has 1 aliphatic rings. The number of halogens is 2. The van der Waals surface area contributed by atoms with Crippen molar-refractivity contribution in [3.05, 3.63) is 65.4 Å². The Morgan fingerprint density at radius 2 is 1.44 bits per heavy atom. The number of fused-ring (bicyclic) bond motifs is 1. The number of benzene rings is 3. The van der Waals surface area contributed by atoms with Crippen LogP contribution in [0.2, 0.25) is 5.02 Å². The summed E-state index contributed by atoms with van der Waals surface area (Å²) in [5, 5.41) is 0.0172. The van der Waals surface area contributed by atoms with Gasteiger partial charge in [0.05, 0.1) is 9.92 Å². The van der Waals surface area contributed by atoms with Gasteiger partial charge in [-0.15, -0.1) is 0 Å². The van der Waals surface area contributed by atoms with Crippen molar-refractivity contribution in [2.75, 3.05) is 13.0 Å². The van der Waals surface area contributed by atoms with Crippen LogP contribution in [0.15, 0.2) is 59.5 Å². The Morgan fingerprint density at radius 1 is 0.889 bits per heavy atom. The lowest BCUT2D eigenvalue weighted by molar-refractivity contribution is 0.174. The number of ether oxygens (including phenoxy) is 2. The van der Waals surface area contributed by atoms with Crippen LogP contribution >= 0.6 is 11.6 Å². The van der Waals surface area contributed by atoms with Gasteiger partial charge in [-0.1, -0.05) is 29.8 Å². The predicted octanol–water partition coefficient (Wildman–Crippen LogP) is 4.95. The Bertz CT molecular complexity index is 1140. The van der Waals surface area contributed by atoms with Crippen molar-refractivity contribution in [2.45, 2.75) is 4.90 Å². The molecule has 0 aliphatic carbocycles. The molecule has 0 amide bonds. The van der Waals surface area contributed by atoms with E-state index in [4.69, 9.17) is 21.1 Å². The molecule has 3 aromatic rings. The van der Waals surface area contributed by atoms with E-state index in [2.05, 4.69) is 0 Å². The summed E-state index contributed by atoms with van der Waals surface area (Å²) in [6, 6.07) is 14.7. The molecule has 1 heterocycles. The van der Waals surface area contributed by atoms with Crippen LogP contribution < -0.4 is 9.47 Å². The van der Waals surface area contributed by atoms with Crippen molar-refractivity contribution < 1.29 is 22.3 Å². The zero-order valence-corrected chi connectivity index (χ0v) is 15.8. The highest BCUT2D eigenvalue weighted by atomic mass is 35.5. The molecule has 7 heteroatoms. The standard InChI is InChI=1S/C20H14ClFO4S/c1-27(23,24)14-5-2-12(3-6-14)15-9-19-20(26-11-25-19)10-16(15)13-4-7-18(22)17(21)8-13/h2-10H,11H2,1H3. The number of hydrogen-bond acceptors (Lipinski definition) is 4. The molecule has 4 rings (SSSR count). The zero-order valence-electron chi connectivity index (χ0n) is 14.2. The molecule has 0 N–H and O–H groups in total. The smallest absolute Gasteiger partial charge is 0.231 e. The largest absolute Gasteiger partial charge is 0.454 e. The Kier molecular flexibility index (Phi) is 4.32. The third-order valence-corrected chi connectivity index (χ3v) is 5.75. The SMILES string of the molecule is CS(=O)(=O)c1ccc(-c2cc3c(cc2-c2ccc(F)c(Cl)c2)OCO3)cc1. The first kappa shape index (κ1) is 17.8. The third-order valence-electron chi connectivity index (χ3n) is 4.34. The van der Waals surface area contributed by atoms with E-state index in [1.807, 2.05) is 12.1 Å². The molecule has 0 unspecified atom stereocenters. The highest BCUT2D eigenvalue weighted by Gasteiger charge is 2.20. The molecule has 0 fully saturated rings. The van der Waals surface area contributed by atoms with E-state index < -0.39 is 15.7 Å². The fraction of sp³-hybridized carbons (Fsp3) is 0.100. The average molecular weight is 405 g/mol. The van der Waals surface area contributed by atoms with Crippen molar-refractivity contribution in [1.29, 1.82) is 0 Å². The normalized spacial score (nSPS) is 13.0. The fourth-order valence-corrected chi connectivity index (χ4v) is 3.78. The topological polar surface area (TPSA) is 52.6 Å². The Labute approximate surface area is 161 Å². The quantitative estimate of drug-likeness (QED) is 0.620. The molecule has 0 saturated heterocycles. The monoisotopic (exact) mass is 404 g/mol. The van der Waals surface area contributed by atoms with Gasteiger partial charge in [-0.05, 0) is 58.7 Å². The van der Waals surface area contributed by atoms with Crippen molar-refractivity contribution in [1.82, 2.24) is 0 Å². The summed E-state index contributed by atoms with van der Waals surface area (Å²) in [7, 11) is -3.29. The molecular weight excluding hydrogens is 391 g/mol. The maximum absolute atomic E-state index is 13.6. The summed E-state index contributed by atoms with van der Waals surface area (Å²) in [6.45, 7) is 0.120. The van der Waals surface area contributed by atoms with Gasteiger partial charge in [-0.25, -0.2) is 12.8 Å². The van der Waals surface area contributed by atoms with E-state index in [9.17, 15) is 12.8 Å². The minimum atomic E-state index is -3.29. The van der Waals surface area contributed by atoms with Gasteiger partial charge in [-0.2, -0.15) is 0 Å². The number of rotatable bonds is 3. The summed E-state index contributed by atoms with van der Waals surface area (Å²) in [4.78, 5) is 0.235. The van der Waals surface area contributed by atoms with Crippen molar-refractivity contribution in [2.24, 2.45) is 0 Å². The molecule has 0 bridgehead atoms. The van der Waals surface area contributed by atoms with Crippen LogP contribution in [-0.4, -0.2) is 21.5 Å². The summed E-state index contributed by atoms with van der Waals surface area (Å²) in [5.41, 5.74) is 3.06. The Balaban J connectivity index is 1.90. The van der Waals surface area contributed by atoms with E-state index in [0.29, 0.717) is 17.1 Å². The molecule has 4 nitrogen and oxygen atoms in total. The van der Waals surface area contributed by atoms with Crippen LogP contribution in [0.4, 0.5) is 4.39 Å². The van der Waals surface area contributed by atoms with Crippen LogP contribution in [-0.2, 0) is 9.84 Å². The third kappa shape index (κ3) is 3.38. The second kappa shape index (κ2) is 6.55. The van der Waals surface area contributed by atoms with Crippen LogP contribution in [0.5, 0.6) is 11.5 Å². The lowest BCUT2D eigenvalue weighted by Crippen LogP contribution is -1.96. The average Bonchev–Trinajstić information content (AvgIpc) is 3.10. The minimum Gasteiger partial charge on any atom is -0.454 e. The summed E-state index contributed by atoms with van der Waals surface area (Å²) in [6.07, 6.45) is 1.16. The highest BCUT2D eigenvalue weighted by Crippen LogP contribution is 2.43. The summed E-state index contributed by atoms with van der Waals surface area (Å²) >= 11 is 5.95. The molecule has 0 radical (unpaired) electrons. The zero-order chi connectivity index (χ0) is 19.2. The molecule has 0 spiro atoms. The molecular formula is C20H14ClFO4S. The van der Waals surface area contributed by atoms with Crippen molar-refractivity contribution in [3.8, 4) is 33.8 Å². The number of hydrogen-bond donors (Lipinski definition) is 0. The van der Waals surface area contributed by atoms with Crippen molar-refractivity contribution >= 4 is 21.4 Å². The van der Waals surface area contributed by atoms with Gasteiger partial charge in [0.15, 0.2) is 21.3 Å². The Hall–Kier alpha value is -2.57. The molecule has 0 atom stereocenters. The lowest BCUT2D eigenvalue weighted by atomic mass is 9.94.